The fourth-order valence-corrected chi connectivity index (χ4v) is 2.54. The second-order valence-corrected chi connectivity index (χ2v) is 6.03. The average Bonchev–Trinajstić information content (AvgIpc) is 2.55. The van der Waals surface area contributed by atoms with Crippen molar-refractivity contribution in [3.8, 4) is 0 Å². The van der Waals surface area contributed by atoms with Crippen LogP contribution in [0, 0.1) is 11.2 Å². The highest BCUT2D eigenvalue weighted by atomic mass is 32.2. The number of nitrogens with two attached hydrogens (primary N) is 1. The minimum Gasteiger partial charge on any atom is -0.352 e. The smallest absolute Gasteiger partial charge is 0.209 e. The molecule has 98 valence electrons. The summed E-state index contributed by atoms with van der Waals surface area (Å²) in [6, 6.07) is 4.34. The number of fused-ring (bicyclic) bond motifs is 1. The Bertz CT molecular complexity index is 586. The van der Waals surface area contributed by atoms with E-state index in [9.17, 15) is 12.8 Å². The van der Waals surface area contributed by atoms with Gasteiger partial charge in [-0.25, -0.2) is 17.9 Å². The van der Waals surface area contributed by atoms with Gasteiger partial charge in [-0.2, -0.15) is 0 Å². The number of halogens is 1. The fourth-order valence-electron chi connectivity index (χ4n) is 2.01. The zero-order chi connectivity index (χ0) is 13.3. The Morgan fingerprint density at radius 2 is 2.17 bits per heavy atom. The highest BCUT2D eigenvalue weighted by molar-refractivity contribution is 7.89. The Balaban J connectivity index is 2.01. The van der Waals surface area contributed by atoms with Gasteiger partial charge in [-0.05, 0) is 24.1 Å². The monoisotopic (exact) mass is 271 g/mol. The van der Waals surface area contributed by atoms with Crippen molar-refractivity contribution >= 4 is 15.9 Å². The first-order valence-corrected chi connectivity index (χ1v) is 7.21. The van der Waals surface area contributed by atoms with Crippen LogP contribution in [0.4, 0.5) is 4.39 Å². The van der Waals surface area contributed by atoms with E-state index in [4.69, 9.17) is 10.5 Å². The Kier molecular flexibility index (Phi) is 3.36. The minimum atomic E-state index is -3.46. The molecule has 0 aromatic heterocycles. The Morgan fingerprint density at radius 3 is 2.83 bits per heavy atom. The highest BCUT2D eigenvalue weighted by Crippen LogP contribution is 2.23. The van der Waals surface area contributed by atoms with Crippen molar-refractivity contribution in [1.29, 1.82) is 5.41 Å². The van der Waals surface area contributed by atoms with E-state index in [-0.39, 0.29) is 17.4 Å². The summed E-state index contributed by atoms with van der Waals surface area (Å²) in [5.41, 5.74) is 1.46. The number of benzene rings is 1. The van der Waals surface area contributed by atoms with E-state index in [1.807, 2.05) is 0 Å². The molecule has 0 unspecified atom stereocenters. The van der Waals surface area contributed by atoms with Gasteiger partial charge < -0.3 is 4.90 Å². The van der Waals surface area contributed by atoms with Crippen molar-refractivity contribution in [3.05, 3.63) is 35.1 Å². The van der Waals surface area contributed by atoms with Gasteiger partial charge in [0.25, 0.3) is 0 Å². The molecule has 2 rings (SSSR count). The first-order chi connectivity index (χ1) is 8.37. The summed E-state index contributed by atoms with van der Waals surface area (Å²) in [7, 11) is -3.46. The van der Waals surface area contributed by atoms with Crippen LogP contribution in [-0.2, 0) is 16.6 Å². The number of nitrogens with zero attached hydrogens (tertiary/aromatic N) is 1. The number of nitrogens with one attached hydrogen (secondary N) is 1. The SMILES string of the molecule is N=C1c2cc(F)ccc2CN1CCCS(N)(=O)=O. The van der Waals surface area contributed by atoms with Gasteiger partial charge in [-0.3, -0.25) is 5.41 Å². The fraction of sp³-hybridized carbons (Fsp3) is 0.364. The Morgan fingerprint density at radius 1 is 1.44 bits per heavy atom. The summed E-state index contributed by atoms with van der Waals surface area (Å²) in [6.45, 7) is 0.935. The first-order valence-electron chi connectivity index (χ1n) is 5.49. The molecule has 1 aromatic rings. The molecule has 1 aliphatic rings. The molecular weight excluding hydrogens is 257 g/mol. The molecule has 5 nitrogen and oxygen atoms in total. The second-order valence-electron chi connectivity index (χ2n) is 4.29. The first kappa shape index (κ1) is 13.0. The lowest BCUT2D eigenvalue weighted by atomic mass is 10.1. The van der Waals surface area contributed by atoms with Gasteiger partial charge in [-0.15, -0.1) is 0 Å². The van der Waals surface area contributed by atoms with Crippen LogP contribution < -0.4 is 5.14 Å². The average molecular weight is 271 g/mol. The standard InChI is InChI=1S/C11H14FN3O2S/c12-9-3-2-8-7-15(11(13)10(8)6-9)4-1-5-18(14,16)17/h2-3,6,13H,1,4-5,7H2,(H2,14,16,17). The molecule has 1 heterocycles. The molecule has 1 aromatic carbocycles. The topological polar surface area (TPSA) is 87.2 Å². The number of rotatable bonds is 4. The summed E-state index contributed by atoms with van der Waals surface area (Å²) in [5, 5.41) is 12.8. The molecule has 0 radical (unpaired) electrons. The summed E-state index contributed by atoms with van der Waals surface area (Å²) < 4.78 is 34.7. The number of amidine groups is 1. The van der Waals surface area contributed by atoms with Crippen LogP contribution in [0.1, 0.15) is 17.5 Å². The molecule has 0 saturated carbocycles. The van der Waals surface area contributed by atoms with Crippen LogP contribution in [0.15, 0.2) is 18.2 Å². The predicted molar refractivity (Wildman–Crippen MR) is 66.2 cm³/mol. The van der Waals surface area contributed by atoms with E-state index >= 15 is 0 Å². The summed E-state index contributed by atoms with van der Waals surface area (Å²) >= 11 is 0. The van der Waals surface area contributed by atoms with E-state index in [1.165, 1.54) is 12.1 Å². The van der Waals surface area contributed by atoms with Crippen molar-refractivity contribution in [2.24, 2.45) is 5.14 Å². The quantitative estimate of drug-likeness (QED) is 0.842. The number of hydrogen-bond acceptors (Lipinski definition) is 3. The maximum Gasteiger partial charge on any atom is 0.209 e. The summed E-state index contributed by atoms with van der Waals surface area (Å²) in [6.07, 6.45) is 0.359. The zero-order valence-electron chi connectivity index (χ0n) is 9.69. The molecule has 0 atom stereocenters. The normalized spacial score (nSPS) is 15.0. The van der Waals surface area contributed by atoms with Gasteiger partial charge in [0, 0.05) is 18.7 Å². The molecule has 3 N–H and O–H groups in total. The van der Waals surface area contributed by atoms with Crippen LogP contribution in [0.5, 0.6) is 0 Å². The Labute approximate surface area is 105 Å². The zero-order valence-corrected chi connectivity index (χ0v) is 10.5. The number of hydrogen-bond donors (Lipinski definition) is 2. The summed E-state index contributed by atoms with van der Waals surface area (Å²) in [5.74, 6) is -0.245. The van der Waals surface area contributed by atoms with Crippen molar-refractivity contribution in [3.63, 3.8) is 0 Å². The molecule has 0 bridgehead atoms. The molecule has 0 aliphatic carbocycles. The van der Waals surface area contributed by atoms with Crippen molar-refractivity contribution < 1.29 is 12.8 Å². The predicted octanol–water partition coefficient (Wildman–Crippen LogP) is 0.645. The highest BCUT2D eigenvalue weighted by Gasteiger charge is 2.24. The van der Waals surface area contributed by atoms with Crippen LogP contribution in [0.2, 0.25) is 0 Å². The van der Waals surface area contributed by atoms with Gasteiger partial charge in [0.05, 0.1) is 5.75 Å². The Hall–Kier alpha value is -1.47. The van der Waals surface area contributed by atoms with Crippen LogP contribution in [0.25, 0.3) is 0 Å². The maximum absolute atomic E-state index is 13.1. The third kappa shape index (κ3) is 2.85. The number of sulfonamides is 1. The van der Waals surface area contributed by atoms with Crippen molar-refractivity contribution in [2.45, 2.75) is 13.0 Å². The molecule has 0 fully saturated rings. The largest absolute Gasteiger partial charge is 0.352 e. The van der Waals surface area contributed by atoms with Gasteiger partial charge in [0.15, 0.2) is 0 Å². The van der Waals surface area contributed by atoms with Crippen molar-refractivity contribution in [2.75, 3.05) is 12.3 Å². The molecule has 7 heteroatoms. The lowest BCUT2D eigenvalue weighted by molar-refractivity contribution is 0.426. The molecule has 0 spiro atoms. The molecule has 0 saturated heterocycles. The van der Waals surface area contributed by atoms with Crippen LogP contribution >= 0.6 is 0 Å². The van der Waals surface area contributed by atoms with Crippen LogP contribution in [-0.4, -0.2) is 31.5 Å². The lowest BCUT2D eigenvalue weighted by Crippen LogP contribution is -2.27. The van der Waals surface area contributed by atoms with Crippen LogP contribution in [0.3, 0.4) is 0 Å². The molecule has 18 heavy (non-hydrogen) atoms. The molecule has 1 aliphatic heterocycles. The second kappa shape index (κ2) is 4.66. The maximum atomic E-state index is 13.1. The van der Waals surface area contributed by atoms with E-state index in [1.54, 1.807) is 11.0 Å². The van der Waals surface area contributed by atoms with Gasteiger partial charge in [0.1, 0.15) is 11.7 Å². The minimum absolute atomic E-state index is 0.110. The van der Waals surface area contributed by atoms with E-state index in [0.29, 0.717) is 25.1 Å². The molecular formula is C11H14FN3O2S. The van der Waals surface area contributed by atoms with Gasteiger partial charge in [-0.1, -0.05) is 6.07 Å². The van der Waals surface area contributed by atoms with E-state index in [0.717, 1.165) is 5.56 Å². The third-order valence-electron chi connectivity index (χ3n) is 2.86. The third-order valence-corrected chi connectivity index (χ3v) is 3.72. The molecule has 0 amide bonds. The van der Waals surface area contributed by atoms with Crippen molar-refractivity contribution in [1.82, 2.24) is 4.90 Å². The summed E-state index contributed by atoms with van der Waals surface area (Å²) in [4.78, 5) is 1.72. The van der Waals surface area contributed by atoms with Gasteiger partial charge in [0.2, 0.25) is 10.0 Å². The van der Waals surface area contributed by atoms with E-state index < -0.39 is 10.0 Å². The number of primary sulfonamides is 1. The lowest BCUT2D eigenvalue weighted by Gasteiger charge is -2.17. The van der Waals surface area contributed by atoms with E-state index in [2.05, 4.69) is 0 Å². The van der Waals surface area contributed by atoms with Gasteiger partial charge >= 0.3 is 0 Å².